The lowest BCUT2D eigenvalue weighted by molar-refractivity contribution is 0.674. The van der Waals surface area contributed by atoms with E-state index in [9.17, 15) is 0 Å². The Hall–Kier alpha value is -2.29. The molecular formula is C18H21N3. The fraction of sp³-hybridized carbons (Fsp3) is 0.278. The smallest absolute Gasteiger partial charge is 0.0540 e. The summed E-state index contributed by atoms with van der Waals surface area (Å²) in [5, 5.41) is 6.87. The van der Waals surface area contributed by atoms with Crippen LogP contribution in [-0.4, -0.2) is 17.3 Å². The molecule has 1 aromatic heterocycles. The minimum atomic E-state index is 0.934. The van der Waals surface area contributed by atoms with Gasteiger partial charge >= 0.3 is 0 Å². The highest BCUT2D eigenvalue weighted by Gasteiger charge is 2.07. The average Bonchev–Trinajstić information content (AvgIpc) is 2.81. The molecule has 108 valence electrons. The average molecular weight is 279 g/mol. The number of rotatable bonds is 5. The molecule has 0 bridgehead atoms. The van der Waals surface area contributed by atoms with Crippen LogP contribution in [0.15, 0.2) is 47.6 Å². The molecule has 0 fully saturated rings. The first-order valence-corrected chi connectivity index (χ1v) is 7.54. The fourth-order valence-corrected chi connectivity index (χ4v) is 2.71. The van der Waals surface area contributed by atoms with Crippen LogP contribution in [0.1, 0.15) is 25.3 Å². The van der Waals surface area contributed by atoms with Crippen LogP contribution in [0.3, 0.4) is 0 Å². The van der Waals surface area contributed by atoms with Gasteiger partial charge in [-0.1, -0.05) is 37.6 Å². The maximum Gasteiger partial charge on any atom is 0.0540 e. The van der Waals surface area contributed by atoms with Crippen LogP contribution in [0.2, 0.25) is 0 Å². The van der Waals surface area contributed by atoms with Crippen molar-refractivity contribution in [1.29, 1.82) is 0 Å². The topological polar surface area (TPSA) is 29.3 Å². The zero-order valence-corrected chi connectivity index (χ0v) is 12.6. The van der Waals surface area contributed by atoms with Crippen LogP contribution in [0.5, 0.6) is 0 Å². The zero-order valence-electron chi connectivity index (χ0n) is 12.6. The summed E-state index contributed by atoms with van der Waals surface area (Å²) in [6, 6.07) is 15.0. The lowest BCUT2D eigenvalue weighted by Gasteiger charge is -1.99. The van der Waals surface area contributed by atoms with Crippen LogP contribution in [0.4, 0.5) is 0 Å². The van der Waals surface area contributed by atoms with Crippen molar-refractivity contribution in [2.24, 2.45) is 12.1 Å². The SMILES string of the molecule is CCCCN/N=C/c1ccc2c(c1)c1ccccc1n2C. The molecule has 1 heterocycles. The molecule has 3 aromatic rings. The molecule has 3 rings (SSSR count). The molecular weight excluding hydrogens is 258 g/mol. The van der Waals surface area contributed by atoms with Gasteiger partial charge in [0, 0.05) is 35.4 Å². The van der Waals surface area contributed by atoms with Crippen molar-refractivity contribution < 1.29 is 0 Å². The summed E-state index contributed by atoms with van der Waals surface area (Å²) in [5.41, 5.74) is 6.74. The standard InChI is InChI=1S/C18H21N3/c1-3-4-11-19-20-13-14-9-10-18-16(12-14)15-7-5-6-8-17(15)21(18)2/h5-10,12-13,19H,3-4,11H2,1-2H3/b20-13+. The van der Waals surface area contributed by atoms with Crippen LogP contribution in [-0.2, 0) is 7.05 Å². The number of unbranched alkanes of at least 4 members (excludes halogenated alkanes) is 1. The summed E-state index contributed by atoms with van der Waals surface area (Å²) >= 11 is 0. The molecule has 1 N–H and O–H groups in total. The first kappa shape index (κ1) is 13.7. The molecule has 0 aliphatic heterocycles. The van der Waals surface area contributed by atoms with Crippen LogP contribution in [0, 0.1) is 0 Å². The first-order chi connectivity index (χ1) is 10.3. The molecule has 0 amide bonds. The number of hydrogen-bond donors (Lipinski definition) is 1. The molecule has 0 spiro atoms. The second kappa shape index (κ2) is 6.00. The van der Waals surface area contributed by atoms with Crippen molar-refractivity contribution in [3.63, 3.8) is 0 Å². The van der Waals surface area contributed by atoms with Gasteiger partial charge in [0.05, 0.1) is 6.21 Å². The second-order valence-corrected chi connectivity index (χ2v) is 5.37. The summed E-state index contributed by atoms with van der Waals surface area (Å²) < 4.78 is 2.24. The van der Waals surface area contributed by atoms with Gasteiger partial charge in [0.25, 0.3) is 0 Å². The third-order valence-corrected chi connectivity index (χ3v) is 3.88. The monoisotopic (exact) mass is 279 g/mol. The number of para-hydroxylation sites is 1. The lowest BCUT2D eigenvalue weighted by Crippen LogP contribution is -2.07. The predicted octanol–water partition coefficient (Wildman–Crippen LogP) is 4.06. The third-order valence-electron chi connectivity index (χ3n) is 3.88. The number of fused-ring (bicyclic) bond motifs is 3. The minimum absolute atomic E-state index is 0.934. The molecule has 0 radical (unpaired) electrons. The Morgan fingerprint density at radius 1 is 1.10 bits per heavy atom. The number of aromatic nitrogens is 1. The van der Waals surface area contributed by atoms with E-state index in [0.29, 0.717) is 0 Å². The minimum Gasteiger partial charge on any atom is -0.344 e. The first-order valence-electron chi connectivity index (χ1n) is 7.54. The van der Waals surface area contributed by atoms with Crippen molar-refractivity contribution in [2.75, 3.05) is 6.54 Å². The number of aryl methyl sites for hydroxylation is 1. The Morgan fingerprint density at radius 2 is 1.90 bits per heavy atom. The highest BCUT2D eigenvalue weighted by atomic mass is 15.3. The Morgan fingerprint density at radius 3 is 2.76 bits per heavy atom. The third kappa shape index (κ3) is 2.64. The summed E-state index contributed by atoms with van der Waals surface area (Å²) in [5.74, 6) is 0. The van der Waals surface area contributed by atoms with Gasteiger partial charge in [0.15, 0.2) is 0 Å². The van der Waals surface area contributed by atoms with E-state index in [1.54, 1.807) is 0 Å². The van der Waals surface area contributed by atoms with Gasteiger partial charge in [-0.2, -0.15) is 5.10 Å². The Labute approximate surface area is 125 Å². The van der Waals surface area contributed by atoms with E-state index in [-0.39, 0.29) is 0 Å². The highest BCUT2D eigenvalue weighted by molar-refractivity contribution is 6.09. The maximum atomic E-state index is 4.29. The summed E-state index contributed by atoms with van der Waals surface area (Å²) in [7, 11) is 2.12. The van der Waals surface area contributed by atoms with Gasteiger partial charge in [-0.3, -0.25) is 0 Å². The van der Waals surface area contributed by atoms with E-state index >= 15 is 0 Å². The Kier molecular flexibility index (Phi) is 3.91. The van der Waals surface area contributed by atoms with E-state index < -0.39 is 0 Å². The second-order valence-electron chi connectivity index (χ2n) is 5.37. The molecule has 0 aliphatic carbocycles. The molecule has 0 atom stereocenters. The number of benzene rings is 2. The van der Waals surface area contributed by atoms with Gasteiger partial charge in [0.2, 0.25) is 0 Å². The van der Waals surface area contributed by atoms with Crippen LogP contribution >= 0.6 is 0 Å². The summed E-state index contributed by atoms with van der Waals surface area (Å²) in [4.78, 5) is 0. The number of nitrogens with one attached hydrogen (secondary N) is 1. The summed E-state index contributed by atoms with van der Waals surface area (Å²) in [6.07, 6.45) is 4.24. The molecule has 0 unspecified atom stereocenters. The molecule has 0 aliphatic rings. The molecule has 3 heteroatoms. The van der Waals surface area contributed by atoms with E-state index in [1.165, 1.54) is 28.2 Å². The van der Waals surface area contributed by atoms with Gasteiger partial charge in [-0.05, 0) is 30.2 Å². The number of hydrazone groups is 1. The quantitative estimate of drug-likeness (QED) is 0.426. The molecule has 0 saturated carbocycles. The van der Waals surface area contributed by atoms with Crippen molar-refractivity contribution >= 4 is 28.0 Å². The van der Waals surface area contributed by atoms with Crippen LogP contribution in [0.25, 0.3) is 21.8 Å². The van der Waals surface area contributed by atoms with E-state index in [4.69, 9.17) is 0 Å². The van der Waals surface area contributed by atoms with Crippen molar-refractivity contribution in [3.8, 4) is 0 Å². The van der Waals surface area contributed by atoms with Gasteiger partial charge in [-0.15, -0.1) is 0 Å². The van der Waals surface area contributed by atoms with Crippen molar-refractivity contribution in [1.82, 2.24) is 9.99 Å². The summed E-state index contributed by atoms with van der Waals surface area (Å²) in [6.45, 7) is 3.11. The fourth-order valence-electron chi connectivity index (χ4n) is 2.71. The normalized spacial score (nSPS) is 11.7. The lowest BCUT2D eigenvalue weighted by atomic mass is 10.1. The van der Waals surface area contributed by atoms with E-state index in [0.717, 1.165) is 18.5 Å². The number of nitrogens with zero attached hydrogens (tertiary/aromatic N) is 2. The van der Waals surface area contributed by atoms with Gasteiger partial charge < -0.3 is 9.99 Å². The van der Waals surface area contributed by atoms with E-state index in [2.05, 4.69) is 71.5 Å². The van der Waals surface area contributed by atoms with Gasteiger partial charge in [-0.25, -0.2) is 0 Å². The van der Waals surface area contributed by atoms with Gasteiger partial charge in [0.1, 0.15) is 0 Å². The van der Waals surface area contributed by atoms with E-state index in [1.807, 2.05) is 6.21 Å². The van der Waals surface area contributed by atoms with Crippen molar-refractivity contribution in [3.05, 3.63) is 48.0 Å². The molecule has 2 aromatic carbocycles. The largest absolute Gasteiger partial charge is 0.344 e. The van der Waals surface area contributed by atoms with Crippen LogP contribution < -0.4 is 5.43 Å². The predicted molar refractivity (Wildman–Crippen MR) is 90.9 cm³/mol. The molecule has 3 nitrogen and oxygen atoms in total. The Bertz CT molecular complexity index is 784. The zero-order chi connectivity index (χ0) is 14.7. The Balaban J connectivity index is 1.94. The molecule has 21 heavy (non-hydrogen) atoms. The highest BCUT2D eigenvalue weighted by Crippen LogP contribution is 2.28. The number of hydrogen-bond acceptors (Lipinski definition) is 2. The van der Waals surface area contributed by atoms with Crippen molar-refractivity contribution in [2.45, 2.75) is 19.8 Å². The maximum absolute atomic E-state index is 4.29. The molecule has 0 saturated heterocycles.